The van der Waals surface area contributed by atoms with E-state index in [1.54, 1.807) is 18.2 Å². The van der Waals surface area contributed by atoms with Gasteiger partial charge in [0.1, 0.15) is 5.75 Å². The monoisotopic (exact) mass is 275 g/mol. The maximum absolute atomic E-state index is 11.9. The number of carbonyl (C=O) groups is 2. The second-order valence-electron chi connectivity index (χ2n) is 3.99. The Morgan fingerprint density at radius 2 is 2.05 bits per heavy atom. The summed E-state index contributed by atoms with van der Waals surface area (Å²) in [7, 11) is 2.79. The normalized spacial score (nSPS) is 10.9. The standard InChI is InChI=1S/C14H13NO5/c1-19-8-3-4-10-9(7-8)13(14(18)20-2)11(15-10)5-6-12(16)17/h3-7,15H,1-2H3,(H,16,17)/b6-5+. The minimum atomic E-state index is -1.10. The van der Waals surface area contributed by atoms with Crippen LogP contribution >= 0.6 is 0 Å². The van der Waals surface area contributed by atoms with Gasteiger partial charge in [-0.2, -0.15) is 0 Å². The van der Waals surface area contributed by atoms with E-state index in [0.717, 1.165) is 6.08 Å². The number of carboxylic acids is 1. The summed E-state index contributed by atoms with van der Waals surface area (Å²) in [6, 6.07) is 5.18. The number of carbonyl (C=O) groups excluding carboxylic acids is 1. The number of H-pyrrole nitrogens is 1. The Kier molecular flexibility index (Phi) is 3.74. The highest BCUT2D eigenvalue weighted by Gasteiger charge is 2.18. The molecule has 0 saturated carbocycles. The Bertz CT molecular complexity index is 699. The van der Waals surface area contributed by atoms with Crippen LogP contribution in [0.4, 0.5) is 0 Å². The van der Waals surface area contributed by atoms with E-state index in [1.807, 2.05) is 0 Å². The first-order chi connectivity index (χ1) is 9.56. The largest absolute Gasteiger partial charge is 0.497 e. The molecule has 2 N–H and O–H groups in total. The van der Waals surface area contributed by atoms with Crippen molar-refractivity contribution in [2.45, 2.75) is 0 Å². The van der Waals surface area contributed by atoms with E-state index in [4.69, 9.17) is 14.6 Å². The van der Waals surface area contributed by atoms with Crippen LogP contribution in [0.25, 0.3) is 17.0 Å². The number of esters is 1. The maximum atomic E-state index is 11.9. The molecule has 6 heteroatoms. The Morgan fingerprint density at radius 3 is 2.65 bits per heavy atom. The highest BCUT2D eigenvalue weighted by atomic mass is 16.5. The summed E-state index contributed by atoms with van der Waals surface area (Å²) in [6.07, 6.45) is 2.27. The van der Waals surface area contributed by atoms with Crippen LogP contribution in [0.3, 0.4) is 0 Å². The molecular weight excluding hydrogens is 262 g/mol. The third kappa shape index (κ3) is 2.49. The summed E-state index contributed by atoms with van der Waals surface area (Å²) < 4.78 is 9.86. The van der Waals surface area contributed by atoms with Crippen molar-refractivity contribution in [3.63, 3.8) is 0 Å². The predicted octanol–water partition coefficient (Wildman–Crippen LogP) is 2.06. The SMILES string of the molecule is COC(=O)c1c(/C=C/C(=O)O)[nH]c2ccc(OC)cc12. The van der Waals surface area contributed by atoms with Gasteiger partial charge in [0.2, 0.25) is 0 Å². The van der Waals surface area contributed by atoms with E-state index < -0.39 is 11.9 Å². The molecule has 20 heavy (non-hydrogen) atoms. The second kappa shape index (κ2) is 5.48. The van der Waals surface area contributed by atoms with Crippen LogP contribution in [-0.4, -0.2) is 36.2 Å². The van der Waals surface area contributed by atoms with Crippen molar-refractivity contribution < 1.29 is 24.2 Å². The van der Waals surface area contributed by atoms with Gasteiger partial charge in [-0.1, -0.05) is 0 Å². The van der Waals surface area contributed by atoms with E-state index >= 15 is 0 Å². The molecule has 0 radical (unpaired) electrons. The van der Waals surface area contributed by atoms with Crippen LogP contribution in [0.5, 0.6) is 5.75 Å². The number of ether oxygens (including phenoxy) is 2. The summed E-state index contributed by atoms with van der Waals surface area (Å²) in [5.74, 6) is -1.05. The van der Waals surface area contributed by atoms with E-state index in [1.165, 1.54) is 20.3 Å². The van der Waals surface area contributed by atoms with E-state index in [2.05, 4.69) is 4.98 Å². The number of aliphatic carboxylic acids is 1. The van der Waals surface area contributed by atoms with Gasteiger partial charge in [0.15, 0.2) is 0 Å². The molecule has 2 rings (SSSR count). The molecular formula is C14H13NO5. The number of fused-ring (bicyclic) bond motifs is 1. The molecule has 0 bridgehead atoms. The van der Waals surface area contributed by atoms with Crippen LogP contribution in [0.2, 0.25) is 0 Å². The van der Waals surface area contributed by atoms with E-state index in [0.29, 0.717) is 22.3 Å². The minimum Gasteiger partial charge on any atom is -0.497 e. The lowest BCUT2D eigenvalue weighted by atomic mass is 10.1. The molecule has 6 nitrogen and oxygen atoms in total. The predicted molar refractivity (Wildman–Crippen MR) is 72.9 cm³/mol. The average molecular weight is 275 g/mol. The molecule has 104 valence electrons. The molecule has 1 heterocycles. The highest BCUT2D eigenvalue weighted by Crippen LogP contribution is 2.28. The van der Waals surface area contributed by atoms with Crippen LogP contribution in [0.15, 0.2) is 24.3 Å². The molecule has 0 aliphatic rings. The van der Waals surface area contributed by atoms with Gasteiger partial charge >= 0.3 is 11.9 Å². The van der Waals surface area contributed by atoms with Gasteiger partial charge < -0.3 is 19.6 Å². The van der Waals surface area contributed by atoms with Crippen molar-refractivity contribution in [2.24, 2.45) is 0 Å². The lowest BCUT2D eigenvalue weighted by Crippen LogP contribution is -2.02. The Morgan fingerprint density at radius 1 is 1.30 bits per heavy atom. The number of hydrogen-bond acceptors (Lipinski definition) is 4. The van der Waals surface area contributed by atoms with Crippen LogP contribution in [0.1, 0.15) is 16.1 Å². The number of aromatic nitrogens is 1. The lowest BCUT2D eigenvalue weighted by Gasteiger charge is -2.01. The molecule has 0 aliphatic heterocycles. The van der Waals surface area contributed by atoms with Gasteiger partial charge in [-0.05, 0) is 24.3 Å². The number of rotatable bonds is 4. The summed E-state index contributed by atoms with van der Waals surface area (Å²) in [4.78, 5) is 25.5. The van der Waals surface area contributed by atoms with Crippen molar-refractivity contribution in [3.05, 3.63) is 35.5 Å². The first-order valence-corrected chi connectivity index (χ1v) is 5.76. The Balaban J connectivity index is 2.67. The molecule has 1 aromatic carbocycles. The van der Waals surface area contributed by atoms with Gasteiger partial charge in [-0.3, -0.25) is 0 Å². The summed E-state index contributed by atoms with van der Waals surface area (Å²) in [5, 5.41) is 9.29. The zero-order valence-corrected chi connectivity index (χ0v) is 11.0. The number of carboxylic acid groups (broad SMARTS) is 1. The summed E-state index contributed by atoms with van der Waals surface area (Å²) in [5.41, 5.74) is 1.35. The topological polar surface area (TPSA) is 88.6 Å². The number of benzene rings is 1. The Labute approximate surface area is 114 Å². The van der Waals surface area contributed by atoms with Crippen LogP contribution < -0.4 is 4.74 Å². The summed E-state index contributed by atoms with van der Waals surface area (Å²) in [6.45, 7) is 0. The van der Waals surface area contributed by atoms with Crippen LogP contribution in [0, 0.1) is 0 Å². The molecule has 0 unspecified atom stereocenters. The highest BCUT2D eigenvalue weighted by molar-refractivity contribution is 6.08. The molecule has 0 spiro atoms. The number of aromatic amines is 1. The fourth-order valence-electron chi connectivity index (χ4n) is 1.92. The molecule has 1 aromatic heterocycles. The summed E-state index contributed by atoms with van der Waals surface area (Å²) >= 11 is 0. The number of nitrogens with one attached hydrogen (secondary N) is 1. The first-order valence-electron chi connectivity index (χ1n) is 5.76. The van der Waals surface area contributed by atoms with Gasteiger partial charge in [-0.25, -0.2) is 9.59 Å². The average Bonchev–Trinajstić information content (AvgIpc) is 2.81. The fourth-order valence-corrected chi connectivity index (χ4v) is 1.92. The number of methoxy groups -OCH3 is 2. The lowest BCUT2D eigenvalue weighted by molar-refractivity contribution is -0.131. The Hall–Kier alpha value is -2.76. The fraction of sp³-hybridized carbons (Fsp3) is 0.143. The van der Waals surface area contributed by atoms with E-state index in [9.17, 15) is 9.59 Å². The molecule has 2 aromatic rings. The third-order valence-electron chi connectivity index (χ3n) is 2.82. The van der Waals surface area contributed by atoms with Gasteiger partial charge in [0.25, 0.3) is 0 Å². The maximum Gasteiger partial charge on any atom is 0.340 e. The molecule has 0 amide bonds. The van der Waals surface area contributed by atoms with Gasteiger partial charge in [0, 0.05) is 17.0 Å². The van der Waals surface area contributed by atoms with Crippen LogP contribution in [-0.2, 0) is 9.53 Å². The zero-order valence-electron chi connectivity index (χ0n) is 11.0. The van der Waals surface area contributed by atoms with Crippen molar-refractivity contribution in [2.75, 3.05) is 14.2 Å². The van der Waals surface area contributed by atoms with Crippen molar-refractivity contribution in [1.82, 2.24) is 4.98 Å². The number of hydrogen-bond donors (Lipinski definition) is 2. The van der Waals surface area contributed by atoms with Gasteiger partial charge in [-0.15, -0.1) is 0 Å². The molecule has 0 fully saturated rings. The zero-order chi connectivity index (χ0) is 14.7. The smallest absolute Gasteiger partial charge is 0.340 e. The second-order valence-corrected chi connectivity index (χ2v) is 3.99. The van der Waals surface area contributed by atoms with Gasteiger partial charge in [0.05, 0.1) is 25.5 Å². The molecule has 0 saturated heterocycles. The van der Waals surface area contributed by atoms with E-state index in [-0.39, 0.29) is 5.56 Å². The minimum absolute atomic E-state index is 0.277. The van der Waals surface area contributed by atoms with Crippen molar-refractivity contribution in [3.8, 4) is 5.75 Å². The van der Waals surface area contributed by atoms with Crippen molar-refractivity contribution in [1.29, 1.82) is 0 Å². The first kappa shape index (κ1) is 13.7. The van der Waals surface area contributed by atoms with Crippen molar-refractivity contribution >= 4 is 28.9 Å². The quantitative estimate of drug-likeness (QED) is 0.658. The third-order valence-corrected chi connectivity index (χ3v) is 2.82. The molecule has 0 aliphatic carbocycles. The molecule has 0 atom stereocenters.